The molecule has 0 bridgehead atoms. The van der Waals surface area contributed by atoms with E-state index in [1.54, 1.807) is 11.3 Å². The van der Waals surface area contributed by atoms with Gasteiger partial charge in [0, 0.05) is 22.0 Å². The van der Waals surface area contributed by atoms with Crippen molar-refractivity contribution in [1.29, 1.82) is 0 Å². The van der Waals surface area contributed by atoms with Crippen molar-refractivity contribution in [2.24, 2.45) is 5.10 Å². The molecule has 124 valence electrons. The van der Waals surface area contributed by atoms with Gasteiger partial charge in [0.1, 0.15) is 5.75 Å². The summed E-state index contributed by atoms with van der Waals surface area (Å²) in [5.41, 5.74) is 3.44. The third kappa shape index (κ3) is 2.50. The summed E-state index contributed by atoms with van der Waals surface area (Å²) in [7, 11) is 0. The van der Waals surface area contributed by atoms with Crippen molar-refractivity contribution in [3.8, 4) is 5.75 Å². The second-order valence-corrected chi connectivity index (χ2v) is 7.96. The van der Waals surface area contributed by atoms with E-state index >= 15 is 0 Å². The lowest BCUT2D eigenvalue weighted by Gasteiger charge is -2.38. The molecule has 0 saturated heterocycles. The Kier molecular flexibility index (Phi) is 3.64. The zero-order valence-electron chi connectivity index (χ0n) is 13.3. The number of hydrogen-bond acceptors (Lipinski definition) is 4. The summed E-state index contributed by atoms with van der Waals surface area (Å²) < 4.78 is 7.41. The van der Waals surface area contributed by atoms with Gasteiger partial charge in [-0.1, -0.05) is 58.4 Å². The number of hydrogen-bond donors (Lipinski definition) is 0. The van der Waals surface area contributed by atoms with Crippen LogP contribution in [0.15, 0.2) is 75.6 Å². The van der Waals surface area contributed by atoms with Gasteiger partial charge in [-0.3, -0.25) is 0 Å². The fraction of sp³-hybridized carbons (Fsp3) is 0.150. The van der Waals surface area contributed by atoms with E-state index in [1.807, 2.05) is 24.3 Å². The van der Waals surface area contributed by atoms with Gasteiger partial charge < -0.3 is 4.74 Å². The van der Waals surface area contributed by atoms with Crippen molar-refractivity contribution in [2.45, 2.75) is 18.7 Å². The molecule has 3 nitrogen and oxygen atoms in total. The summed E-state index contributed by atoms with van der Waals surface area (Å²) in [4.78, 5) is 1.23. The standard InChI is InChI=1S/C20H15BrN2OS/c21-15-8-3-1-6-13(15)20-23-17(14-7-2-4-9-18(14)24-20)12-16(22-23)19-10-5-11-25-19/h1-11,17,20H,12H2/t17-,20+/m0/s1. The minimum atomic E-state index is -0.229. The van der Waals surface area contributed by atoms with Crippen LogP contribution in [0.4, 0.5) is 0 Å². The number of halogens is 1. The SMILES string of the molecule is Brc1ccccc1[C@H]1Oc2ccccc2[C@@H]2CC(c3cccs3)=NN12. The van der Waals surface area contributed by atoms with Gasteiger partial charge >= 0.3 is 0 Å². The predicted octanol–water partition coefficient (Wildman–Crippen LogP) is 5.75. The zero-order valence-corrected chi connectivity index (χ0v) is 15.7. The Hall–Kier alpha value is -2.11. The van der Waals surface area contributed by atoms with E-state index in [1.165, 1.54) is 10.4 Å². The van der Waals surface area contributed by atoms with Gasteiger partial charge in [0.2, 0.25) is 6.23 Å². The van der Waals surface area contributed by atoms with Crippen molar-refractivity contribution in [2.75, 3.05) is 0 Å². The van der Waals surface area contributed by atoms with Gasteiger partial charge in [-0.05, 0) is 23.6 Å². The number of fused-ring (bicyclic) bond motifs is 3. The summed E-state index contributed by atoms with van der Waals surface area (Å²) >= 11 is 5.41. The Bertz CT molecular complexity index is 954. The summed E-state index contributed by atoms with van der Waals surface area (Å²) in [5, 5.41) is 9.19. The van der Waals surface area contributed by atoms with Crippen LogP contribution in [0.5, 0.6) is 5.75 Å². The number of rotatable bonds is 2. The Morgan fingerprint density at radius 3 is 2.60 bits per heavy atom. The van der Waals surface area contributed by atoms with Crippen LogP contribution < -0.4 is 4.74 Å². The fourth-order valence-electron chi connectivity index (χ4n) is 3.51. The van der Waals surface area contributed by atoms with Crippen LogP contribution in [0.1, 0.15) is 34.7 Å². The van der Waals surface area contributed by atoms with Crippen LogP contribution in [-0.2, 0) is 0 Å². The number of nitrogens with zero attached hydrogens (tertiary/aromatic N) is 2. The second-order valence-electron chi connectivity index (χ2n) is 6.15. The maximum absolute atomic E-state index is 6.37. The molecule has 0 amide bonds. The second kappa shape index (κ2) is 6.00. The van der Waals surface area contributed by atoms with E-state index in [0.717, 1.165) is 27.9 Å². The minimum Gasteiger partial charge on any atom is -0.464 e. The minimum absolute atomic E-state index is 0.208. The fourth-order valence-corrected chi connectivity index (χ4v) is 4.71. The quantitative estimate of drug-likeness (QED) is 0.536. The largest absolute Gasteiger partial charge is 0.464 e. The van der Waals surface area contributed by atoms with Crippen LogP contribution >= 0.6 is 27.3 Å². The first-order chi connectivity index (χ1) is 12.3. The van der Waals surface area contributed by atoms with Crippen LogP contribution in [0.2, 0.25) is 0 Å². The van der Waals surface area contributed by atoms with Crippen molar-refractivity contribution in [1.82, 2.24) is 5.01 Å². The van der Waals surface area contributed by atoms with Gasteiger partial charge in [0.15, 0.2) is 0 Å². The van der Waals surface area contributed by atoms with Gasteiger partial charge in [0.25, 0.3) is 0 Å². The van der Waals surface area contributed by atoms with E-state index < -0.39 is 0 Å². The van der Waals surface area contributed by atoms with Gasteiger partial charge in [-0.15, -0.1) is 11.3 Å². The van der Waals surface area contributed by atoms with Crippen molar-refractivity contribution in [3.63, 3.8) is 0 Å². The molecule has 0 aliphatic carbocycles. The molecular weight excluding hydrogens is 396 g/mol. The summed E-state index contributed by atoms with van der Waals surface area (Å²) in [6, 6.07) is 20.9. The molecular formula is C20H15BrN2OS. The summed E-state index contributed by atoms with van der Waals surface area (Å²) in [5.74, 6) is 0.951. The monoisotopic (exact) mass is 410 g/mol. The predicted molar refractivity (Wildman–Crippen MR) is 104 cm³/mol. The van der Waals surface area contributed by atoms with E-state index in [9.17, 15) is 0 Å². The van der Waals surface area contributed by atoms with E-state index in [0.29, 0.717) is 0 Å². The average molecular weight is 411 g/mol. The smallest absolute Gasteiger partial charge is 0.214 e. The molecule has 5 rings (SSSR count). The number of para-hydroxylation sites is 1. The highest BCUT2D eigenvalue weighted by Gasteiger charge is 2.41. The molecule has 1 aromatic heterocycles. The molecule has 2 aliphatic heterocycles. The third-order valence-electron chi connectivity index (χ3n) is 4.68. The van der Waals surface area contributed by atoms with Gasteiger partial charge in [0.05, 0.1) is 16.6 Å². The average Bonchev–Trinajstić information content (AvgIpc) is 3.31. The lowest BCUT2D eigenvalue weighted by Crippen LogP contribution is -2.33. The number of benzene rings is 2. The van der Waals surface area contributed by atoms with Gasteiger partial charge in [-0.25, -0.2) is 5.01 Å². The van der Waals surface area contributed by atoms with Crippen molar-refractivity contribution < 1.29 is 4.74 Å². The molecule has 0 radical (unpaired) electrons. The summed E-state index contributed by atoms with van der Waals surface area (Å²) in [6.07, 6.45) is 0.676. The van der Waals surface area contributed by atoms with Crippen LogP contribution in [0, 0.1) is 0 Å². The highest BCUT2D eigenvalue weighted by atomic mass is 79.9. The highest BCUT2D eigenvalue weighted by Crippen LogP contribution is 2.48. The Balaban J connectivity index is 1.63. The Labute approximate surface area is 158 Å². The molecule has 0 fully saturated rings. The van der Waals surface area contributed by atoms with Crippen LogP contribution in [-0.4, -0.2) is 10.7 Å². The molecule has 0 saturated carbocycles. The third-order valence-corrected chi connectivity index (χ3v) is 6.32. The van der Waals surface area contributed by atoms with E-state index in [4.69, 9.17) is 9.84 Å². The molecule has 2 atom stereocenters. The number of hydrazone groups is 1. The molecule has 3 heterocycles. The molecule has 2 aromatic carbocycles. The normalized spacial score (nSPS) is 21.3. The summed E-state index contributed by atoms with van der Waals surface area (Å²) in [6.45, 7) is 0. The van der Waals surface area contributed by atoms with Crippen molar-refractivity contribution >= 4 is 33.0 Å². The first-order valence-corrected chi connectivity index (χ1v) is 9.88. The molecule has 25 heavy (non-hydrogen) atoms. The van der Waals surface area contributed by atoms with E-state index in [2.05, 4.69) is 62.7 Å². The Morgan fingerprint density at radius 1 is 1.00 bits per heavy atom. The number of ether oxygens (including phenoxy) is 1. The molecule has 0 unspecified atom stereocenters. The molecule has 5 heteroatoms. The first kappa shape index (κ1) is 15.2. The number of thiophene rings is 1. The lowest BCUT2D eigenvalue weighted by molar-refractivity contribution is -0.0195. The lowest BCUT2D eigenvalue weighted by atomic mass is 9.98. The van der Waals surface area contributed by atoms with Crippen LogP contribution in [0.25, 0.3) is 0 Å². The maximum atomic E-state index is 6.37. The molecule has 2 aliphatic rings. The van der Waals surface area contributed by atoms with Crippen molar-refractivity contribution in [3.05, 3.63) is 86.5 Å². The molecule has 0 spiro atoms. The highest BCUT2D eigenvalue weighted by molar-refractivity contribution is 9.10. The first-order valence-electron chi connectivity index (χ1n) is 8.21. The van der Waals surface area contributed by atoms with Crippen LogP contribution in [0.3, 0.4) is 0 Å². The Morgan fingerprint density at radius 2 is 1.80 bits per heavy atom. The van der Waals surface area contributed by atoms with E-state index in [-0.39, 0.29) is 12.3 Å². The topological polar surface area (TPSA) is 24.8 Å². The maximum Gasteiger partial charge on any atom is 0.214 e. The molecule has 3 aromatic rings. The molecule has 0 N–H and O–H groups in total. The zero-order chi connectivity index (χ0) is 16.8. The van der Waals surface area contributed by atoms with Gasteiger partial charge in [-0.2, -0.15) is 5.10 Å².